The van der Waals surface area contributed by atoms with Crippen molar-refractivity contribution in [1.29, 1.82) is 0 Å². The number of rotatable bonds is 20. The summed E-state index contributed by atoms with van der Waals surface area (Å²) in [6.07, 6.45) is 23.7. The maximum Gasteiger partial charge on any atom is 0.124 e. The highest BCUT2D eigenvalue weighted by molar-refractivity contribution is 5.32. The molecule has 0 radical (unpaired) electrons. The van der Waals surface area contributed by atoms with Gasteiger partial charge in [-0.25, -0.2) is 0 Å². The fourth-order valence-corrected chi connectivity index (χ4v) is 6.01. The molecule has 0 bridgehead atoms. The molecule has 0 atom stereocenters. The van der Waals surface area contributed by atoms with Crippen LogP contribution in [0.15, 0.2) is 24.3 Å². The molecular weight excluding hydrogens is 513 g/mol. The Morgan fingerprint density at radius 3 is 1.45 bits per heavy atom. The largest absolute Gasteiger partial charge is 1.00 e. The van der Waals surface area contributed by atoms with Crippen molar-refractivity contribution in [2.75, 3.05) is 20.6 Å². The molecule has 1 rings (SSSR count). The number of nitrogens with zero attached hydrogens (tertiary/aromatic N) is 1. The quantitative estimate of drug-likeness (QED) is 0.0915. The SMILES string of the molecule is CCCCCCCCCCCCCCCC[N+](C)(C)C(CC)(CC)c1ccccc1CC.[I-]. The minimum absolute atomic E-state index is 0. The smallest absolute Gasteiger partial charge is 0.124 e. The monoisotopic (exact) mass is 571 g/mol. The Bertz CT molecular complexity index is 576. The summed E-state index contributed by atoms with van der Waals surface area (Å²) in [6.45, 7) is 10.7. The Morgan fingerprint density at radius 2 is 1.03 bits per heavy atom. The second-order valence-electron chi connectivity index (χ2n) is 10.8. The molecular formula is C31H58IN. The van der Waals surface area contributed by atoms with E-state index in [0.29, 0.717) is 0 Å². The summed E-state index contributed by atoms with van der Waals surface area (Å²) in [6, 6.07) is 9.23. The third-order valence-electron chi connectivity index (χ3n) is 8.30. The van der Waals surface area contributed by atoms with E-state index in [1.165, 1.54) is 109 Å². The molecule has 2 heteroatoms. The Kier molecular flexibility index (Phi) is 19.1. The summed E-state index contributed by atoms with van der Waals surface area (Å²) in [5.74, 6) is 0. The maximum atomic E-state index is 2.49. The zero-order chi connectivity index (χ0) is 23.7. The zero-order valence-electron chi connectivity index (χ0n) is 23.4. The molecule has 0 aliphatic heterocycles. The first-order valence-corrected chi connectivity index (χ1v) is 14.4. The summed E-state index contributed by atoms with van der Waals surface area (Å²) < 4.78 is 1.12. The molecule has 0 aromatic heterocycles. The average Bonchev–Trinajstić information content (AvgIpc) is 2.80. The minimum Gasteiger partial charge on any atom is -1.00 e. The van der Waals surface area contributed by atoms with Crippen molar-refractivity contribution in [1.82, 2.24) is 0 Å². The topological polar surface area (TPSA) is 0 Å². The first kappa shape index (κ1) is 32.9. The van der Waals surface area contributed by atoms with Gasteiger partial charge in [-0.05, 0) is 24.8 Å². The lowest BCUT2D eigenvalue weighted by Gasteiger charge is -2.49. The van der Waals surface area contributed by atoms with E-state index in [2.05, 4.69) is 66.1 Å². The molecule has 0 spiro atoms. The van der Waals surface area contributed by atoms with Crippen LogP contribution in [-0.4, -0.2) is 25.1 Å². The summed E-state index contributed by atoms with van der Waals surface area (Å²) >= 11 is 0. The summed E-state index contributed by atoms with van der Waals surface area (Å²) in [7, 11) is 4.98. The standard InChI is InChI=1S/C31H58N.HI/c1-7-11-12-13-14-15-16-17-18-19-20-21-22-25-28-32(5,6)31(9-3,10-4)30-27-24-23-26-29(30)8-2;/h23-24,26-27H,7-22,25,28H2,1-6H3;1H/q+1;/p-1. The van der Waals surface area contributed by atoms with Crippen molar-refractivity contribution >= 4 is 0 Å². The minimum atomic E-state index is 0. The molecule has 194 valence electrons. The van der Waals surface area contributed by atoms with Crippen molar-refractivity contribution in [3.05, 3.63) is 35.4 Å². The fraction of sp³-hybridized carbons (Fsp3) is 0.806. The molecule has 0 saturated heterocycles. The number of benzene rings is 1. The lowest BCUT2D eigenvalue weighted by molar-refractivity contribution is -0.951. The molecule has 0 heterocycles. The molecule has 0 fully saturated rings. The number of aryl methyl sites for hydroxylation is 1. The molecule has 0 saturated carbocycles. The van der Waals surface area contributed by atoms with Crippen LogP contribution in [0.25, 0.3) is 0 Å². The van der Waals surface area contributed by atoms with Crippen molar-refractivity contribution in [3.8, 4) is 0 Å². The second-order valence-corrected chi connectivity index (χ2v) is 10.8. The molecule has 0 unspecified atom stereocenters. The van der Waals surface area contributed by atoms with E-state index in [-0.39, 0.29) is 29.5 Å². The average molecular weight is 572 g/mol. The van der Waals surface area contributed by atoms with Gasteiger partial charge < -0.3 is 28.5 Å². The molecule has 0 aliphatic rings. The van der Waals surface area contributed by atoms with Gasteiger partial charge in [0.1, 0.15) is 5.54 Å². The van der Waals surface area contributed by atoms with Gasteiger partial charge in [0.25, 0.3) is 0 Å². The molecule has 1 aromatic rings. The number of quaternary nitrogens is 1. The number of unbranched alkanes of at least 4 members (excludes halogenated alkanes) is 13. The summed E-state index contributed by atoms with van der Waals surface area (Å²) in [5, 5.41) is 0. The van der Waals surface area contributed by atoms with E-state index in [1.54, 1.807) is 11.1 Å². The van der Waals surface area contributed by atoms with Crippen LogP contribution in [0.5, 0.6) is 0 Å². The van der Waals surface area contributed by atoms with E-state index in [1.807, 2.05) is 0 Å². The van der Waals surface area contributed by atoms with Crippen LogP contribution in [0.3, 0.4) is 0 Å². The van der Waals surface area contributed by atoms with E-state index < -0.39 is 0 Å². The van der Waals surface area contributed by atoms with E-state index in [9.17, 15) is 0 Å². The van der Waals surface area contributed by atoms with E-state index in [4.69, 9.17) is 0 Å². The Hall–Kier alpha value is -0.0900. The molecule has 0 amide bonds. The van der Waals surface area contributed by atoms with Gasteiger partial charge in [-0.2, -0.15) is 0 Å². The van der Waals surface area contributed by atoms with Crippen LogP contribution >= 0.6 is 0 Å². The van der Waals surface area contributed by atoms with Gasteiger partial charge in [0, 0.05) is 18.4 Å². The van der Waals surface area contributed by atoms with Crippen molar-refractivity contribution in [2.24, 2.45) is 0 Å². The van der Waals surface area contributed by atoms with Gasteiger partial charge in [-0.1, -0.05) is 129 Å². The van der Waals surface area contributed by atoms with Crippen LogP contribution in [0, 0.1) is 0 Å². The van der Waals surface area contributed by atoms with Crippen LogP contribution in [0.1, 0.15) is 142 Å². The Morgan fingerprint density at radius 1 is 0.606 bits per heavy atom. The van der Waals surface area contributed by atoms with Gasteiger partial charge >= 0.3 is 0 Å². The van der Waals surface area contributed by atoms with Gasteiger partial charge in [0.2, 0.25) is 0 Å². The number of hydrogen-bond donors (Lipinski definition) is 0. The maximum absolute atomic E-state index is 2.49. The van der Waals surface area contributed by atoms with Crippen LogP contribution in [0.2, 0.25) is 0 Å². The lowest BCUT2D eigenvalue weighted by Crippen LogP contribution is -3.00. The highest BCUT2D eigenvalue weighted by Crippen LogP contribution is 2.41. The number of hydrogen-bond acceptors (Lipinski definition) is 0. The fourth-order valence-electron chi connectivity index (χ4n) is 6.01. The van der Waals surface area contributed by atoms with Gasteiger partial charge in [0.15, 0.2) is 0 Å². The first-order chi connectivity index (χ1) is 15.5. The molecule has 0 aliphatic carbocycles. The van der Waals surface area contributed by atoms with Crippen molar-refractivity contribution < 1.29 is 28.5 Å². The van der Waals surface area contributed by atoms with Crippen LogP contribution in [-0.2, 0) is 12.0 Å². The first-order valence-electron chi connectivity index (χ1n) is 14.4. The summed E-state index contributed by atoms with van der Waals surface area (Å²) in [5.41, 5.74) is 3.38. The third-order valence-corrected chi connectivity index (χ3v) is 8.30. The molecule has 33 heavy (non-hydrogen) atoms. The third kappa shape index (κ3) is 11.0. The zero-order valence-corrected chi connectivity index (χ0v) is 25.5. The second kappa shape index (κ2) is 19.1. The summed E-state index contributed by atoms with van der Waals surface area (Å²) in [4.78, 5) is 0. The highest BCUT2D eigenvalue weighted by atomic mass is 127. The van der Waals surface area contributed by atoms with Gasteiger partial charge in [0.05, 0.1) is 20.6 Å². The predicted octanol–water partition coefficient (Wildman–Crippen LogP) is 6.83. The normalized spacial score (nSPS) is 12.1. The number of halogens is 1. The van der Waals surface area contributed by atoms with Crippen molar-refractivity contribution in [3.63, 3.8) is 0 Å². The Balaban J connectivity index is 0.0000102. The van der Waals surface area contributed by atoms with Crippen molar-refractivity contribution in [2.45, 2.75) is 142 Å². The van der Waals surface area contributed by atoms with Gasteiger partial charge in [-0.3, -0.25) is 0 Å². The highest BCUT2D eigenvalue weighted by Gasteiger charge is 2.44. The Labute approximate surface area is 226 Å². The predicted molar refractivity (Wildman–Crippen MR) is 145 cm³/mol. The van der Waals surface area contributed by atoms with E-state index in [0.717, 1.165) is 10.9 Å². The van der Waals surface area contributed by atoms with E-state index >= 15 is 0 Å². The molecule has 0 N–H and O–H groups in total. The molecule has 1 aromatic carbocycles. The lowest BCUT2D eigenvalue weighted by atomic mass is 9.78. The molecule has 1 nitrogen and oxygen atoms in total. The van der Waals surface area contributed by atoms with Gasteiger partial charge in [-0.15, -0.1) is 0 Å². The van der Waals surface area contributed by atoms with Crippen LogP contribution < -0.4 is 24.0 Å². The van der Waals surface area contributed by atoms with Crippen LogP contribution in [0.4, 0.5) is 0 Å².